The summed E-state index contributed by atoms with van der Waals surface area (Å²) >= 11 is 7.36. The Kier molecular flexibility index (Phi) is 27.5. The van der Waals surface area contributed by atoms with E-state index in [0.717, 1.165) is 12.8 Å². The van der Waals surface area contributed by atoms with Crippen molar-refractivity contribution < 1.29 is 30.0 Å². The van der Waals surface area contributed by atoms with Crippen LogP contribution in [0.1, 0.15) is 25.7 Å². The van der Waals surface area contributed by atoms with Crippen molar-refractivity contribution in [2.75, 3.05) is 24.7 Å². The number of rotatable bonds is 7. The molecule has 0 aromatic carbocycles. The lowest BCUT2D eigenvalue weighted by Gasteiger charge is -1.85. The summed E-state index contributed by atoms with van der Waals surface area (Å²) in [5.41, 5.74) is 0. The minimum Gasteiger partial charge on any atom is -0.481 e. The molecule has 6 nitrogen and oxygen atoms in total. The number of carboxylic acid groups (broad SMARTS) is 2. The van der Waals surface area contributed by atoms with Crippen LogP contribution in [0, 0.1) is 0 Å². The van der Waals surface area contributed by atoms with Crippen LogP contribution in [0.4, 0.5) is 0 Å². The fourth-order valence-corrected chi connectivity index (χ4v) is 0.797. The van der Waals surface area contributed by atoms with E-state index >= 15 is 0 Å². The second kappa shape index (κ2) is 21.8. The van der Waals surface area contributed by atoms with Gasteiger partial charge in [0.2, 0.25) is 0 Å². The van der Waals surface area contributed by atoms with Crippen LogP contribution in [0.2, 0.25) is 0 Å². The minimum absolute atomic E-state index is 0.156. The number of unbranched alkanes of at least 4 members (excludes halogenated alkanes) is 1. The predicted octanol–water partition coefficient (Wildman–Crippen LogP) is 0.533. The maximum Gasteiger partial charge on any atom is 0.304 e. The highest BCUT2D eigenvalue weighted by molar-refractivity contribution is 7.80. The van der Waals surface area contributed by atoms with Gasteiger partial charge in [-0.2, -0.15) is 25.3 Å². The number of carbonyl (C=O) groups is 2. The molecule has 0 aromatic heterocycles. The van der Waals surface area contributed by atoms with E-state index in [9.17, 15) is 9.59 Å². The first-order chi connectivity index (χ1) is 8.45. The van der Waals surface area contributed by atoms with E-state index in [1.165, 1.54) is 0 Å². The maximum atomic E-state index is 9.55. The number of aliphatic hydroxyl groups is 2. The molecule has 0 aliphatic heterocycles. The summed E-state index contributed by atoms with van der Waals surface area (Å²) < 4.78 is 0. The van der Waals surface area contributed by atoms with Gasteiger partial charge in [-0.15, -0.1) is 0 Å². The van der Waals surface area contributed by atoms with Crippen LogP contribution >= 0.6 is 25.3 Å². The van der Waals surface area contributed by atoms with Crippen LogP contribution in [0.25, 0.3) is 0 Å². The summed E-state index contributed by atoms with van der Waals surface area (Å²) in [4.78, 5) is 19.1. The van der Waals surface area contributed by atoms with Crippen molar-refractivity contribution in [1.82, 2.24) is 0 Å². The Bertz CT molecular complexity index is 169. The molecular formula is C10H22O6S2. The molecule has 18 heavy (non-hydrogen) atoms. The molecule has 0 aliphatic carbocycles. The first kappa shape index (κ1) is 22.7. The van der Waals surface area contributed by atoms with Gasteiger partial charge < -0.3 is 20.4 Å². The SMILES string of the molecule is O=C(O)CCS.O=C(O)CCS.OCCCCO. The van der Waals surface area contributed by atoms with Crippen LogP contribution in [0.3, 0.4) is 0 Å². The summed E-state index contributed by atoms with van der Waals surface area (Å²) in [6.07, 6.45) is 1.75. The van der Waals surface area contributed by atoms with E-state index in [1.54, 1.807) is 0 Å². The van der Waals surface area contributed by atoms with Crippen molar-refractivity contribution in [1.29, 1.82) is 0 Å². The highest BCUT2D eigenvalue weighted by Gasteiger charge is 1.88. The molecule has 0 radical (unpaired) electrons. The van der Waals surface area contributed by atoms with E-state index < -0.39 is 11.9 Å². The lowest BCUT2D eigenvalue weighted by molar-refractivity contribution is -0.137. The van der Waals surface area contributed by atoms with Crippen molar-refractivity contribution in [3.63, 3.8) is 0 Å². The molecule has 4 N–H and O–H groups in total. The zero-order valence-corrected chi connectivity index (χ0v) is 11.9. The molecule has 0 aromatic rings. The van der Waals surface area contributed by atoms with Crippen molar-refractivity contribution in [2.45, 2.75) is 25.7 Å². The Balaban J connectivity index is -0.000000187. The Morgan fingerprint density at radius 1 is 0.778 bits per heavy atom. The molecule has 0 spiro atoms. The Morgan fingerprint density at radius 3 is 1.11 bits per heavy atom. The van der Waals surface area contributed by atoms with E-state index in [1.807, 2.05) is 0 Å². The quantitative estimate of drug-likeness (QED) is 0.302. The number of carboxylic acids is 2. The summed E-state index contributed by atoms with van der Waals surface area (Å²) in [7, 11) is 0. The number of aliphatic hydroxyl groups excluding tert-OH is 2. The van der Waals surface area contributed by atoms with Crippen molar-refractivity contribution in [3.05, 3.63) is 0 Å². The summed E-state index contributed by atoms with van der Waals surface area (Å²) in [5, 5.41) is 31.9. The first-order valence-electron chi connectivity index (χ1n) is 5.33. The summed E-state index contributed by atoms with van der Waals surface area (Å²) in [5.74, 6) is -0.722. The van der Waals surface area contributed by atoms with Crippen molar-refractivity contribution >= 4 is 37.2 Å². The fourth-order valence-electron chi connectivity index (χ4n) is 0.415. The largest absolute Gasteiger partial charge is 0.481 e. The second-order valence-electron chi connectivity index (χ2n) is 2.89. The molecule has 0 fully saturated rings. The third kappa shape index (κ3) is 45.0. The Labute approximate surface area is 118 Å². The van der Waals surface area contributed by atoms with E-state index in [4.69, 9.17) is 20.4 Å². The first-order valence-corrected chi connectivity index (χ1v) is 6.59. The third-order valence-corrected chi connectivity index (χ3v) is 1.66. The average molecular weight is 302 g/mol. The number of hydrogen-bond donors (Lipinski definition) is 6. The highest BCUT2D eigenvalue weighted by atomic mass is 32.1. The second-order valence-corrected chi connectivity index (χ2v) is 3.78. The molecule has 8 heteroatoms. The zero-order valence-electron chi connectivity index (χ0n) is 10.2. The number of thiol groups is 2. The predicted molar refractivity (Wildman–Crippen MR) is 75.6 cm³/mol. The van der Waals surface area contributed by atoms with Crippen LogP contribution in [0.5, 0.6) is 0 Å². The number of aliphatic carboxylic acids is 2. The summed E-state index contributed by atoms with van der Waals surface area (Å²) in [6.45, 7) is 0.390. The number of hydrogen-bond acceptors (Lipinski definition) is 6. The van der Waals surface area contributed by atoms with Crippen LogP contribution in [0.15, 0.2) is 0 Å². The van der Waals surface area contributed by atoms with Crippen molar-refractivity contribution in [2.24, 2.45) is 0 Å². The van der Waals surface area contributed by atoms with Gasteiger partial charge in [-0.3, -0.25) is 9.59 Å². The zero-order chi connectivity index (χ0) is 14.8. The smallest absolute Gasteiger partial charge is 0.304 e. The molecule has 0 saturated heterocycles. The molecule has 0 saturated carbocycles. The highest BCUT2D eigenvalue weighted by Crippen LogP contribution is 1.81. The average Bonchev–Trinajstić information content (AvgIpc) is 2.27. The van der Waals surface area contributed by atoms with Gasteiger partial charge in [-0.25, -0.2) is 0 Å². The van der Waals surface area contributed by atoms with Gasteiger partial charge in [0.1, 0.15) is 0 Å². The molecule has 0 rings (SSSR count). The molecule has 0 aliphatic rings. The normalized spacial score (nSPS) is 8.44. The molecule has 0 amide bonds. The summed E-state index contributed by atoms with van der Waals surface area (Å²) in [6, 6.07) is 0. The van der Waals surface area contributed by atoms with Crippen LogP contribution in [-0.2, 0) is 9.59 Å². The standard InChI is InChI=1S/C4H10O2.2C3H6O2S/c5-3-1-2-4-6;2*4-3(5)1-2-6/h5-6H,1-4H2;2*6H,1-2H2,(H,4,5). The van der Waals surface area contributed by atoms with E-state index in [-0.39, 0.29) is 26.1 Å². The molecular weight excluding hydrogens is 280 g/mol. The van der Waals surface area contributed by atoms with E-state index in [2.05, 4.69) is 25.3 Å². The van der Waals surface area contributed by atoms with Crippen LogP contribution in [-0.4, -0.2) is 57.1 Å². The lowest BCUT2D eigenvalue weighted by atomic mass is 10.3. The van der Waals surface area contributed by atoms with Gasteiger partial charge >= 0.3 is 11.9 Å². The van der Waals surface area contributed by atoms with E-state index in [0.29, 0.717) is 11.5 Å². The van der Waals surface area contributed by atoms with Gasteiger partial charge in [0.25, 0.3) is 0 Å². The lowest BCUT2D eigenvalue weighted by Crippen LogP contribution is -1.93. The molecule has 0 atom stereocenters. The Morgan fingerprint density at radius 2 is 1.06 bits per heavy atom. The van der Waals surface area contributed by atoms with Gasteiger partial charge in [-0.1, -0.05) is 0 Å². The Hall–Kier alpha value is -0.440. The minimum atomic E-state index is -0.787. The van der Waals surface area contributed by atoms with Gasteiger partial charge in [0, 0.05) is 24.7 Å². The molecule has 0 unspecified atom stereocenters. The fraction of sp³-hybridized carbons (Fsp3) is 0.800. The van der Waals surface area contributed by atoms with Crippen molar-refractivity contribution in [3.8, 4) is 0 Å². The molecule has 0 bridgehead atoms. The van der Waals surface area contributed by atoms with Gasteiger partial charge in [-0.05, 0) is 12.8 Å². The maximum absolute atomic E-state index is 9.55. The molecule has 110 valence electrons. The van der Waals surface area contributed by atoms with Gasteiger partial charge in [0.05, 0.1) is 12.8 Å². The van der Waals surface area contributed by atoms with Crippen LogP contribution < -0.4 is 0 Å². The monoisotopic (exact) mass is 302 g/mol. The third-order valence-electron chi connectivity index (χ3n) is 1.22. The van der Waals surface area contributed by atoms with Gasteiger partial charge in [0.15, 0.2) is 0 Å². The molecule has 0 heterocycles. The topological polar surface area (TPSA) is 115 Å².